The summed E-state index contributed by atoms with van der Waals surface area (Å²) in [6.07, 6.45) is 2.89. The first-order valence-electron chi connectivity index (χ1n) is 20.4. The van der Waals surface area contributed by atoms with Crippen molar-refractivity contribution in [1.29, 1.82) is 0 Å². The molecular formula is C44H47N7O9S. The number of nitrogens with one attached hydrogen (secondary N) is 3. The standard InChI is InChI=1S/C44H47N7O9S/c1-58-44(57)36-19-27-12-14-31(15-13-27)59-17-16-50-22-29(48-49-50)24-60-38-8-4-2-7-33(38)40(53)46-35(18-26-10-11-26)43(56)51-23-30(52)21-37(51)42(55)45-34(41(54)47-36)20-28-25-61-39-9-5-3-6-32(28)39/h2-9,12-15,22,25-26,30,34-37,52H,10-11,16-21,23-24H2,1H3,(H,45,55)(H,46,53)(H,47,54)/t30-,34-,35+,36-,37+/m0/s1. The second kappa shape index (κ2) is 18.5. The molecule has 3 aliphatic heterocycles. The highest BCUT2D eigenvalue weighted by molar-refractivity contribution is 7.17. The number of para-hydroxylation sites is 1. The lowest BCUT2D eigenvalue weighted by atomic mass is 10.0. The number of ether oxygens (including phenoxy) is 3. The van der Waals surface area contributed by atoms with Crippen LogP contribution >= 0.6 is 11.3 Å². The highest BCUT2D eigenvalue weighted by Gasteiger charge is 2.44. The summed E-state index contributed by atoms with van der Waals surface area (Å²) in [4.78, 5) is 71.6. The van der Waals surface area contributed by atoms with Gasteiger partial charge in [0.15, 0.2) is 0 Å². The molecular weight excluding hydrogens is 803 g/mol. The fourth-order valence-corrected chi connectivity index (χ4v) is 8.78. The Hall–Kier alpha value is -6.33. The van der Waals surface area contributed by atoms with Gasteiger partial charge in [0.25, 0.3) is 5.91 Å². The average Bonchev–Trinajstić information content (AvgIpc) is 3.60. The average molecular weight is 850 g/mol. The molecule has 2 aromatic heterocycles. The molecule has 4 N–H and O–H groups in total. The minimum Gasteiger partial charge on any atom is -0.492 e. The van der Waals surface area contributed by atoms with Crippen LogP contribution in [-0.4, -0.2) is 105 Å². The predicted octanol–water partition coefficient (Wildman–Crippen LogP) is 2.95. The molecule has 1 saturated carbocycles. The number of nitrogens with zero attached hydrogens (tertiary/aromatic N) is 4. The van der Waals surface area contributed by atoms with Crippen molar-refractivity contribution in [3.63, 3.8) is 0 Å². The molecule has 318 valence electrons. The van der Waals surface area contributed by atoms with Gasteiger partial charge in [0.05, 0.1) is 31.5 Å². The fraction of sp³-hybridized carbons (Fsp3) is 0.386. The third-order valence-corrected chi connectivity index (χ3v) is 12.2. The van der Waals surface area contributed by atoms with E-state index >= 15 is 0 Å². The number of benzene rings is 3. The molecule has 5 atom stereocenters. The van der Waals surface area contributed by atoms with Gasteiger partial charge in [-0.05, 0) is 64.6 Å². The first kappa shape index (κ1) is 41.4. The van der Waals surface area contributed by atoms with Crippen LogP contribution in [0.5, 0.6) is 11.5 Å². The Balaban J connectivity index is 1.11. The van der Waals surface area contributed by atoms with Crippen LogP contribution in [0.2, 0.25) is 0 Å². The number of esters is 1. The molecule has 61 heavy (non-hydrogen) atoms. The number of carbonyl (C=O) groups is 5. The minimum absolute atomic E-state index is 0.0209. The number of carbonyl (C=O) groups excluding carboxylic acids is 5. The van der Waals surface area contributed by atoms with E-state index in [-0.39, 0.29) is 56.3 Å². The quantitative estimate of drug-likeness (QED) is 0.190. The number of amides is 4. The molecule has 2 fully saturated rings. The van der Waals surface area contributed by atoms with E-state index in [1.54, 1.807) is 59.4 Å². The van der Waals surface area contributed by atoms with E-state index < -0.39 is 59.9 Å². The summed E-state index contributed by atoms with van der Waals surface area (Å²) in [6.45, 7) is 0.535. The zero-order valence-corrected chi connectivity index (χ0v) is 34.3. The molecule has 16 nitrogen and oxygen atoms in total. The van der Waals surface area contributed by atoms with Crippen molar-refractivity contribution in [1.82, 2.24) is 35.8 Å². The summed E-state index contributed by atoms with van der Waals surface area (Å²) >= 11 is 1.50. The van der Waals surface area contributed by atoms with E-state index in [2.05, 4.69) is 26.3 Å². The van der Waals surface area contributed by atoms with E-state index in [0.717, 1.165) is 28.5 Å². The van der Waals surface area contributed by atoms with E-state index in [0.29, 0.717) is 30.0 Å². The van der Waals surface area contributed by atoms with Crippen LogP contribution < -0.4 is 25.4 Å². The predicted molar refractivity (Wildman–Crippen MR) is 223 cm³/mol. The Kier molecular flexibility index (Phi) is 12.6. The topological polar surface area (TPSA) is 203 Å². The molecule has 0 spiro atoms. The number of hydrogen-bond donors (Lipinski definition) is 4. The summed E-state index contributed by atoms with van der Waals surface area (Å²) in [5.74, 6) is -1.97. The second-order valence-electron chi connectivity index (χ2n) is 15.7. The zero-order valence-electron chi connectivity index (χ0n) is 33.5. The fourth-order valence-electron chi connectivity index (χ4n) is 7.81. The molecule has 4 amide bonds. The number of aromatic nitrogens is 3. The molecule has 0 unspecified atom stereocenters. The van der Waals surface area contributed by atoms with Crippen LogP contribution in [0, 0.1) is 5.92 Å². The van der Waals surface area contributed by atoms with E-state index in [1.165, 1.54) is 23.3 Å². The number of aliphatic hydroxyl groups is 1. The highest BCUT2D eigenvalue weighted by atomic mass is 32.1. The van der Waals surface area contributed by atoms with Crippen LogP contribution in [0.25, 0.3) is 10.1 Å². The Bertz CT molecular complexity index is 2400. The lowest BCUT2D eigenvalue weighted by Gasteiger charge is -2.30. The highest BCUT2D eigenvalue weighted by Crippen LogP contribution is 2.35. The Morgan fingerprint density at radius 1 is 0.934 bits per heavy atom. The van der Waals surface area contributed by atoms with Gasteiger partial charge in [-0.3, -0.25) is 19.2 Å². The van der Waals surface area contributed by atoms with E-state index in [4.69, 9.17) is 14.2 Å². The summed E-state index contributed by atoms with van der Waals surface area (Å²) in [7, 11) is 1.24. The summed E-state index contributed by atoms with van der Waals surface area (Å²) in [5.41, 5.74) is 2.25. The van der Waals surface area contributed by atoms with Crippen LogP contribution in [0.1, 0.15) is 52.9 Å². The molecule has 17 heteroatoms. The molecule has 4 aliphatic rings. The Labute approximate surface area is 355 Å². The van der Waals surface area contributed by atoms with Gasteiger partial charge in [-0.1, -0.05) is 60.5 Å². The minimum atomic E-state index is -1.19. The lowest BCUT2D eigenvalue weighted by Crippen LogP contribution is -2.58. The van der Waals surface area contributed by atoms with Crippen molar-refractivity contribution in [3.05, 3.63) is 107 Å². The molecule has 1 aliphatic carbocycles. The largest absolute Gasteiger partial charge is 0.492 e. The first-order chi connectivity index (χ1) is 29.6. The van der Waals surface area contributed by atoms with Crippen molar-refractivity contribution < 1.29 is 43.3 Å². The Morgan fingerprint density at radius 2 is 1.72 bits per heavy atom. The van der Waals surface area contributed by atoms with Crippen LogP contribution in [0.3, 0.4) is 0 Å². The van der Waals surface area contributed by atoms with Crippen LogP contribution in [0.15, 0.2) is 84.4 Å². The molecule has 5 aromatic rings. The molecule has 5 heterocycles. The Morgan fingerprint density at radius 3 is 2.52 bits per heavy atom. The third kappa shape index (κ3) is 10.0. The van der Waals surface area contributed by atoms with Gasteiger partial charge >= 0.3 is 5.97 Å². The summed E-state index contributed by atoms with van der Waals surface area (Å²) < 4.78 is 19.7. The number of aliphatic hydroxyl groups excluding tert-OH is 1. The maximum Gasteiger partial charge on any atom is 0.328 e. The molecule has 9 rings (SSSR count). The number of hydrogen-bond acceptors (Lipinski definition) is 12. The monoisotopic (exact) mass is 849 g/mol. The number of thiophene rings is 1. The number of fused-ring (bicyclic) bond motifs is 15. The van der Waals surface area contributed by atoms with E-state index in [9.17, 15) is 29.1 Å². The van der Waals surface area contributed by atoms with Gasteiger partial charge < -0.3 is 40.2 Å². The lowest BCUT2D eigenvalue weighted by molar-refractivity contribution is -0.145. The van der Waals surface area contributed by atoms with E-state index in [1.807, 2.05) is 29.6 Å². The first-order valence-corrected chi connectivity index (χ1v) is 21.3. The van der Waals surface area contributed by atoms with Crippen molar-refractivity contribution in [2.24, 2.45) is 5.92 Å². The van der Waals surface area contributed by atoms with Crippen LogP contribution in [0.4, 0.5) is 0 Å². The van der Waals surface area contributed by atoms with Crippen LogP contribution in [-0.2, 0) is 49.9 Å². The maximum atomic E-state index is 14.5. The number of rotatable bonds is 5. The third-order valence-electron chi connectivity index (χ3n) is 11.2. The van der Waals surface area contributed by atoms with Gasteiger partial charge in [-0.25, -0.2) is 9.48 Å². The van der Waals surface area contributed by atoms with Crippen molar-refractivity contribution in [2.75, 3.05) is 20.3 Å². The summed E-state index contributed by atoms with van der Waals surface area (Å²) in [6, 6.07) is 17.0. The second-order valence-corrected chi connectivity index (χ2v) is 16.6. The van der Waals surface area contributed by atoms with Gasteiger partial charge in [-0.2, -0.15) is 0 Å². The molecule has 0 radical (unpaired) electrons. The maximum absolute atomic E-state index is 14.5. The van der Waals surface area contributed by atoms with Gasteiger partial charge in [0.1, 0.15) is 54.6 Å². The van der Waals surface area contributed by atoms with Crippen molar-refractivity contribution in [2.45, 2.75) is 81.9 Å². The van der Waals surface area contributed by atoms with Crippen molar-refractivity contribution in [3.8, 4) is 11.5 Å². The van der Waals surface area contributed by atoms with Gasteiger partial charge in [0.2, 0.25) is 17.7 Å². The molecule has 3 aromatic carbocycles. The summed E-state index contributed by atoms with van der Waals surface area (Å²) in [5, 5.41) is 30.7. The molecule has 4 bridgehead atoms. The van der Waals surface area contributed by atoms with Gasteiger partial charge in [0, 0.05) is 30.5 Å². The normalized spacial score (nSPS) is 23.1. The smallest absolute Gasteiger partial charge is 0.328 e. The van der Waals surface area contributed by atoms with Crippen molar-refractivity contribution >= 4 is 51.0 Å². The molecule has 1 saturated heterocycles. The van der Waals surface area contributed by atoms with Gasteiger partial charge in [-0.15, -0.1) is 16.4 Å². The SMILES string of the molecule is COC(=O)[C@@H]1Cc2ccc(cc2)OCCn2cc(nn2)COc2ccccc2C(=O)N[C@H](CC2CC2)C(=O)N2C[C@@H](O)C[C@@H]2C(=O)N[C@@H](Cc2csc3ccccc23)C(=O)N1. The zero-order chi connectivity index (χ0) is 42.5. The number of methoxy groups -OCH3 is 1.